The SMILES string of the molecule is CN[C@H]1c2ccccc2[C@H](Cc2ccc(Cl)cc2)C1O. The van der Waals surface area contributed by atoms with Crippen LogP contribution in [0.25, 0.3) is 0 Å². The van der Waals surface area contributed by atoms with Gasteiger partial charge in [0.1, 0.15) is 0 Å². The lowest BCUT2D eigenvalue weighted by molar-refractivity contribution is 0.118. The van der Waals surface area contributed by atoms with Gasteiger partial charge in [0, 0.05) is 10.9 Å². The van der Waals surface area contributed by atoms with Crippen LogP contribution >= 0.6 is 11.6 Å². The van der Waals surface area contributed by atoms with Crippen LogP contribution in [0.3, 0.4) is 0 Å². The molecule has 2 aromatic rings. The second kappa shape index (κ2) is 5.57. The van der Waals surface area contributed by atoms with E-state index in [1.54, 1.807) is 0 Å². The van der Waals surface area contributed by atoms with Gasteiger partial charge in [-0.1, -0.05) is 48.0 Å². The van der Waals surface area contributed by atoms with E-state index in [0.29, 0.717) is 0 Å². The average molecular weight is 288 g/mol. The van der Waals surface area contributed by atoms with Gasteiger partial charge in [-0.15, -0.1) is 0 Å². The van der Waals surface area contributed by atoms with Crippen molar-refractivity contribution in [2.24, 2.45) is 0 Å². The van der Waals surface area contributed by atoms with Crippen molar-refractivity contribution < 1.29 is 5.11 Å². The Morgan fingerprint density at radius 3 is 2.35 bits per heavy atom. The molecule has 3 heteroatoms. The summed E-state index contributed by atoms with van der Waals surface area (Å²) < 4.78 is 0. The normalized spacial score (nSPS) is 24.6. The highest BCUT2D eigenvalue weighted by Gasteiger charge is 2.38. The Labute approximate surface area is 124 Å². The Kier molecular flexibility index (Phi) is 3.79. The highest BCUT2D eigenvalue weighted by atomic mass is 35.5. The van der Waals surface area contributed by atoms with E-state index < -0.39 is 6.10 Å². The molecule has 104 valence electrons. The lowest BCUT2D eigenvalue weighted by atomic mass is 9.92. The molecule has 0 fully saturated rings. The minimum absolute atomic E-state index is 0.0171. The Hall–Kier alpha value is -1.35. The zero-order chi connectivity index (χ0) is 14.1. The van der Waals surface area contributed by atoms with Gasteiger partial charge in [-0.05, 0) is 42.3 Å². The van der Waals surface area contributed by atoms with Crippen LogP contribution in [0.4, 0.5) is 0 Å². The fourth-order valence-electron chi connectivity index (χ4n) is 3.16. The summed E-state index contributed by atoms with van der Waals surface area (Å²) in [5.74, 6) is 0.129. The number of hydrogen-bond acceptors (Lipinski definition) is 2. The van der Waals surface area contributed by atoms with Crippen molar-refractivity contribution in [3.8, 4) is 0 Å². The van der Waals surface area contributed by atoms with E-state index in [-0.39, 0.29) is 12.0 Å². The van der Waals surface area contributed by atoms with Crippen LogP contribution in [-0.4, -0.2) is 18.3 Å². The van der Waals surface area contributed by atoms with Crippen LogP contribution in [0.2, 0.25) is 5.02 Å². The number of likely N-dealkylation sites (N-methyl/N-ethyl adjacent to an activating group) is 1. The van der Waals surface area contributed by atoms with E-state index in [4.69, 9.17) is 11.6 Å². The minimum Gasteiger partial charge on any atom is -0.390 e. The first-order chi connectivity index (χ1) is 9.70. The predicted octanol–water partition coefficient (Wildman–Crippen LogP) is 3.30. The van der Waals surface area contributed by atoms with Gasteiger partial charge in [0.25, 0.3) is 0 Å². The molecule has 0 bridgehead atoms. The molecular formula is C17H18ClNO. The second-order valence-corrected chi connectivity index (χ2v) is 5.76. The largest absolute Gasteiger partial charge is 0.390 e. The number of halogens is 1. The summed E-state index contributed by atoms with van der Waals surface area (Å²) in [5.41, 5.74) is 3.65. The number of nitrogens with one attached hydrogen (secondary N) is 1. The molecule has 0 heterocycles. The molecule has 0 aliphatic heterocycles. The molecule has 2 N–H and O–H groups in total. The van der Waals surface area contributed by atoms with Crippen LogP contribution in [0.5, 0.6) is 0 Å². The van der Waals surface area contributed by atoms with Gasteiger partial charge in [-0.25, -0.2) is 0 Å². The highest BCUT2D eigenvalue weighted by Crippen LogP contribution is 2.42. The molecule has 0 radical (unpaired) electrons. The van der Waals surface area contributed by atoms with E-state index in [9.17, 15) is 5.11 Å². The monoisotopic (exact) mass is 287 g/mol. The van der Waals surface area contributed by atoms with Gasteiger partial charge in [-0.3, -0.25) is 0 Å². The molecule has 0 spiro atoms. The summed E-state index contributed by atoms with van der Waals surface area (Å²) in [5, 5.41) is 14.6. The van der Waals surface area contributed by atoms with Crippen LogP contribution in [0.1, 0.15) is 28.7 Å². The lowest BCUT2D eigenvalue weighted by Crippen LogP contribution is -2.28. The third-order valence-electron chi connectivity index (χ3n) is 4.16. The van der Waals surface area contributed by atoms with Crippen molar-refractivity contribution in [3.63, 3.8) is 0 Å². The molecule has 0 aromatic heterocycles. The number of aliphatic hydroxyl groups excluding tert-OH is 1. The molecule has 0 saturated carbocycles. The van der Waals surface area contributed by atoms with Crippen molar-refractivity contribution in [2.45, 2.75) is 24.5 Å². The molecular weight excluding hydrogens is 270 g/mol. The maximum absolute atomic E-state index is 10.6. The Morgan fingerprint density at radius 1 is 1.05 bits per heavy atom. The second-order valence-electron chi connectivity index (χ2n) is 5.32. The van der Waals surface area contributed by atoms with E-state index in [0.717, 1.165) is 11.4 Å². The van der Waals surface area contributed by atoms with Crippen molar-refractivity contribution >= 4 is 11.6 Å². The van der Waals surface area contributed by atoms with Gasteiger partial charge < -0.3 is 10.4 Å². The van der Waals surface area contributed by atoms with Gasteiger partial charge in [0.15, 0.2) is 0 Å². The third kappa shape index (κ3) is 2.35. The Bertz CT molecular complexity index is 596. The van der Waals surface area contributed by atoms with E-state index in [2.05, 4.69) is 17.4 Å². The van der Waals surface area contributed by atoms with Gasteiger partial charge in [-0.2, -0.15) is 0 Å². The summed E-state index contributed by atoms with van der Waals surface area (Å²) in [7, 11) is 1.90. The number of aliphatic hydroxyl groups is 1. The first-order valence-electron chi connectivity index (χ1n) is 6.89. The molecule has 2 aromatic carbocycles. The van der Waals surface area contributed by atoms with Crippen LogP contribution in [0.15, 0.2) is 48.5 Å². The molecule has 3 rings (SSSR count). The number of fused-ring (bicyclic) bond motifs is 1. The van der Waals surface area contributed by atoms with Crippen LogP contribution < -0.4 is 5.32 Å². The standard InChI is InChI=1S/C17H18ClNO/c1-19-16-14-5-3-2-4-13(14)15(17(16)20)10-11-6-8-12(18)9-7-11/h2-9,15-17,19-20H,10H2,1H3/t15-,16-,17?/m0/s1. The third-order valence-corrected chi connectivity index (χ3v) is 4.42. The molecule has 2 nitrogen and oxygen atoms in total. The molecule has 1 aliphatic rings. The summed E-state index contributed by atoms with van der Waals surface area (Å²) in [6, 6.07) is 16.2. The number of rotatable bonds is 3. The average Bonchev–Trinajstić information content (AvgIpc) is 2.74. The maximum Gasteiger partial charge on any atom is 0.0806 e. The quantitative estimate of drug-likeness (QED) is 0.908. The summed E-state index contributed by atoms with van der Waals surface area (Å²) in [6.07, 6.45) is 0.432. The van der Waals surface area contributed by atoms with E-state index in [1.165, 1.54) is 16.7 Å². The number of hydrogen-bond donors (Lipinski definition) is 2. The van der Waals surface area contributed by atoms with E-state index >= 15 is 0 Å². The summed E-state index contributed by atoms with van der Waals surface area (Å²) >= 11 is 5.92. The predicted molar refractivity (Wildman–Crippen MR) is 82.1 cm³/mol. The molecule has 1 aliphatic carbocycles. The van der Waals surface area contributed by atoms with Crippen molar-refractivity contribution in [1.82, 2.24) is 5.32 Å². The zero-order valence-electron chi connectivity index (χ0n) is 11.4. The maximum atomic E-state index is 10.6. The summed E-state index contributed by atoms with van der Waals surface area (Å²) in [4.78, 5) is 0. The van der Waals surface area contributed by atoms with Crippen molar-refractivity contribution in [3.05, 3.63) is 70.2 Å². The van der Waals surface area contributed by atoms with Gasteiger partial charge in [0.05, 0.1) is 12.1 Å². The van der Waals surface area contributed by atoms with Crippen molar-refractivity contribution in [1.29, 1.82) is 0 Å². The smallest absolute Gasteiger partial charge is 0.0806 e. The first kappa shape index (κ1) is 13.6. The van der Waals surface area contributed by atoms with Crippen LogP contribution in [0, 0.1) is 0 Å². The topological polar surface area (TPSA) is 32.3 Å². The highest BCUT2D eigenvalue weighted by molar-refractivity contribution is 6.30. The van der Waals surface area contributed by atoms with Gasteiger partial charge >= 0.3 is 0 Å². The summed E-state index contributed by atoms with van der Waals surface area (Å²) in [6.45, 7) is 0. The first-order valence-corrected chi connectivity index (χ1v) is 7.27. The van der Waals surface area contributed by atoms with Crippen molar-refractivity contribution in [2.75, 3.05) is 7.05 Å². The molecule has 1 unspecified atom stereocenters. The Morgan fingerprint density at radius 2 is 1.70 bits per heavy atom. The molecule has 0 amide bonds. The molecule has 3 atom stereocenters. The Balaban J connectivity index is 1.91. The zero-order valence-corrected chi connectivity index (χ0v) is 12.1. The molecule has 20 heavy (non-hydrogen) atoms. The fourth-order valence-corrected chi connectivity index (χ4v) is 3.29. The lowest BCUT2D eigenvalue weighted by Gasteiger charge is -2.20. The van der Waals surface area contributed by atoms with E-state index in [1.807, 2.05) is 43.4 Å². The van der Waals surface area contributed by atoms with Gasteiger partial charge in [0.2, 0.25) is 0 Å². The fraction of sp³-hybridized carbons (Fsp3) is 0.294. The molecule has 0 saturated heterocycles. The minimum atomic E-state index is -0.395. The van der Waals surface area contributed by atoms with Crippen LogP contribution in [-0.2, 0) is 6.42 Å². The number of benzene rings is 2.